The zero-order valence-corrected chi connectivity index (χ0v) is 14.4. The third kappa shape index (κ3) is 2.95. The van der Waals surface area contributed by atoms with Crippen molar-refractivity contribution in [2.75, 3.05) is 0 Å². The van der Waals surface area contributed by atoms with Gasteiger partial charge in [0.25, 0.3) is 5.91 Å². The van der Waals surface area contributed by atoms with Gasteiger partial charge in [0, 0.05) is 28.3 Å². The molecule has 0 aromatic heterocycles. The van der Waals surface area contributed by atoms with E-state index in [1.165, 1.54) is 5.56 Å². The molecule has 2 aromatic rings. The number of carbonyl (C=O) groups is 1. The first-order chi connectivity index (χ1) is 11.4. The van der Waals surface area contributed by atoms with Crippen molar-refractivity contribution in [3.8, 4) is 0 Å². The summed E-state index contributed by atoms with van der Waals surface area (Å²) in [5, 5.41) is 17.1. The Bertz CT molecular complexity index is 801. The molecular weight excluding hydrogens is 324 g/mol. The lowest BCUT2D eigenvalue weighted by Gasteiger charge is -2.31. The van der Waals surface area contributed by atoms with Crippen LogP contribution in [0.5, 0.6) is 0 Å². The summed E-state index contributed by atoms with van der Waals surface area (Å²) in [6.07, 6.45) is 1.20. The summed E-state index contributed by atoms with van der Waals surface area (Å²) in [7, 11) is 0. The second-order valence-corrected chi connectivity index (χ2v) is 6.44. The molecule has 1 aliphatic heterocycles. The predicted octanol–water partition coefficient (Wildman–Crippen LogP) is 3.97. The molecule has 4 nitrogen and oxygen atoms in total. The molecule has 3 rings (SSSR count). The fourth-order valence-electron chi connectivity index (χ4n) is 2.91. The van der Waals surface area contributed by atoms with E-state index in [1.54, 1.807) is 31.2 Å². The number of aliphatic hydroxyl groups is 1. The highest BCUT2D eigenvalue weighted by atomic mass is 35.5. The van der Waals surface area contributed by atoms with Crippen molar-refractivity contribution in [2.24, 2.45) is 5.10 Å². The molecule has 0 radical (unpaired) electrons. The lowest BCUT2D eigenvalue weighted by Crippen LogP contribution is -2.43. The van der Waals surface area contributed by atoms with E-state index in [-0.39, 0.29) is 12.3 Å². The van der Waals surface area contributed by atoms with Gasteiger partial charge in [-0.05, 0) is 37.1 Å². The van der Waals surface area contributed by atoms with E-state index in [0.717, 1.165) is 11.4 Å². The highest BCUT2D eigenvalue weighted by Crippen LogP contribution is 2.36. The van der Waals surface area contributed by atoms with Crippen LogP contribution in [0, 0.1) is 0 Å². The Morgan fingerprint density at radius 2 is 2.00 bits per heavy atom. The first-order valence-electron chi connectivity index (χ1n) is 7.90. The maximum atomic E-state index is 12.9. The Labute approximate surface area is 146 Å². The minimum atomic E-state index is -1.48. The van der Waals surface area contributed by atoms with E-state index in [0.29, 0.717) is 21.9 Å². The number of amides is 1. The Hall–Kier alpha value is -2.17. The largest absolute Gasteiger partial charge is 0.365 e. The van der Waals surface area contributed by atoms with Gasteiger partial charge in [-0.2, -0.15) is 10.1 Å². The van der Waals surface area contributed by atoms with Crippen molar-refractivity contribution < 1.29 is 9.90 Å². The van der Waals surface area contributed by atoms with Crippen molar-refractivity contribution >= 4 is 23.2 Å². The van der Waals surface area contributed by atoms with Crippen LogP contribution in [-0.2, 0) is 12.1 Å². The van der Waals surface area contributed by atoms with Crippen molar-refractivity contribution in [1.82, 2.24) is 5.01 Å². The number of hydrazone groups is 1. The van der Waals surface area contributed by atoms with Crippen molar-refractivity contribution in [3.63, 3.8) is 0 Å². The second-order valence-electron chi connectivity index (χ2n) is 6.01. The third-order valence-electron chi connectivity index (χ3n) is 4.21. The molecule has 0 fully saturated rings. The molecule has 0 bridgehead atoms. The summed E-state index contributed by atoms with van der Waals surface area (Å²) in [5.41, 5.74) is 1.44. The number of nitrogens with zero attached hydrogens (tertiary/aromatic N) is 2. The second kappa shape index (κ2) is 6.38. The van der Waals surface area contributed by atoms with Crippen LogP contribution in [0.15, 0.2) is 53.6 Å². The SMILES string of the molecule is CCc1ccc([C@@]2(O)CC(C)=NN2C(=O)c2cccc(Cl)c2)cc1. The summed E-state index contributed by atoms with van der Waals surface area (Å²) >= 11 is 5.98. The van der Waals surface area contributed by atoms with E-state index in [9.17, 15) is 9.90 Å². The number of hydrogen-bond acceptors (Lipinski definition) is 3. The molecule has 0 saturated carbocycles. The minimum Gasteiger partial charge on any atom is -0.365 e. The lowest BCUT2D eigenvalue weighted by molar-refractivity contribution is -0.0765. The number of rotatable bonds is 3. The maximum Gasteiger partial charge on any atom is 0.276 e. The van der Waals surface area contributed by atoms with Gasteiger partial charge in [-0.1, -0.05) is 48.9 Å². The molecule has 0 spiro atoms. The number of hydrogen-bond donors (Lipinski definition) is 1. The molecule has 0 saturated heterocycles. The monoisotopic (exact) mass is 342 g/mol. The molecule has 1 amide bonds. The Morgan fingerprint density at radius 1 is 1.29 bits per heavy atom. The molecule has 1 atom stereocenters. The quantitative estimate of drug-likeness (QED) is 0.917. The predicted molar refractivity (Wildman–Crippen MR) is 95.1 cm³/mol. The van der Waals surface area contributed by atoms with E-state index < -0.39 is 5.72 Å². The summed E-state index contributed by atoms with van der Waals surface area (Å²) < 4.78 is 0. The first kappa shape index (κ1) is 16.7. The van der Waals surface area contributed by atoms with Crippen molar-refractivity contribution in [2.45, 2.75) is 32.4 Å². The number of aryl methyl sites for hydroxylation is 1. The third-order valence-corrected chi connectivity index (χ3v) is 4.45. The van der Waals surface area contributed by atoms with Gasteiger partial charge in [-0.25, -0.2) is 0 Å². The fraction of sp³-hybridized carbons (Fsp3) is 0.263. The van der Waals surface area contributed by atoms with E-state index in [4.69, 9.17) is 11.6 Å². The Balaban J connectivity index is 1.99. The number of halogens is 1. The van der Waals surface area contributed by atoms with Gasteiger partial charge in [-0.15, -0.1) is 0 Å². The Kier molecular flexibility index (Phi) is 4.43. The molecular formula is C19H19ClN2O2. The van der Waals surface area contributed by atoms with E-state index in [2.05, 4.69) is 12.0 Å². The topological polar surface area (TPSA) is 52.9 Å². The number of carbonyl (C=O) groups excluding carboxylic acids is 1. The van der Waals surface area contributed by atoms with Gasteiger partial charge >= 0.3 is 0 Å². The Morgan fingerprint density at radius 3 is 2.62 bits per heavy atom. The maximum absolute atomic E-state index is 12.9. The molecule has 1 N–H and O–H groups in total. The first-order valence-corrected chi connectivity index (χ1v) is 8.28. The van der Waals surface area contributed by atoms with Crippen molar-refractivity contribution in [1.29, 1.82) is 0 Å². The zero-order valence-electron chi connectivity index (χ0n) is 13.7. The van der Waals surface area contributed by atoms with Crippen LogP contribution in [0.2, 0.25) is 5.02 Å². The lowest BCUT2D eigenvalue weighted by atomic mass is 9.96. The summed E-state index contributed by atoms with van der Waals surface area (Å²) in [5.74, 6) is -0.378. The van der Waals surface area contributed by atoms with Gasteiger partial charge in [-0.3, -0.25) is 4.79 Å². The van der Waals surface area contributed by atoms with Gasteiger partial charge < -0.3 is 5.11 Å². The average molecular weight is 343 g/mol. The van der Waals surface area contributed by atoms with Gasteiger partial charge in [0.15, 0.2) is 5.72 Å². The highest BCUT2D eigenvalue weighted by molar-refractivity contribution is 6.31. The van der Waals surface area contributed by atoms with Crippen LogP contribution in [0.3, 0.4) is 0 Å². The summed E-state index contributed by atoms with van der Waals surface area (Å²) in [6.45, 7) is 3.87. The molecule has 1 heterocycles. The molecule has 2 aromatic carbocycles. The van der Waals surface area contributed by atoms with Crippen LogP contribution in [0.25, 0.3) is 0 Å². The van der Waals surface area contributed by atoms with Crippen LogP contribution < -0.4 is 0 Å². The normalized spacial score (nSPS) is 20.2. The van der Waals surface area contributed by atoms with E-state index >= 15 is 0 Å². The van der Waals surface area contributed by atoms with E-state index in [1.807, 2.05) is 24.3 Å². The number of benzene rings is 2. The van der Waals surface area contributed by atoms with Crippen LogP contribution in [0.4, 0.5) is 0 Å². The molecule has 1 aliphatic rings. The molecule has 24 heavy (non-hydrogen) atoms. The smallest absolute Gasteiger partial charge is 0.276 e. The van der Waals surface area contributed by atoms with Gasteiger partial charge in [0.1, 0.15) is 0 Å². The summed E-state index contributed by atoms with van der Waals surface area (Å²) in [6, 6.07) is 14.3. The zero-order chi connectivity index (χ0) is 17.3. The van der Waals surface area contributed by atoms with Gasteiger partial charge in [0.05, 0.1) is 0 Å². The highest BCUT2D eigenvalue weighted by Gasteiger charge is 2.45. The van der Waals surface area contributed by atoms with Crippen LogP contribution in [0.1, 0.15) is 41.8 Å². The van der Waals surface area contributed by atoms with Gasteiger partial charge in [0.2, 0.25) is 0 Å². The summed E-state index contributed by atoms with van der Waals surface area (Å²) in [4.78, 5) is 12.9. The average Bonchev–Trinajstić information content (AvgIpc) is 2.90. The standard InChI is InChI=1S/C19H19ClN2O2/c1-3-14-7-9-16(10-8-14)19(24)12-13(2)21-22(19)18(23)15-5-4-6-17(20)11-15/h4-11,24H,3,12H2,1-2H3/t19-/m0/s1. The van der Waals surface area contributed by atoms with Crippen LogP contribution in [-0.4, -0.2) is 21.7 Å². The van der Waals surface area contributed by atoms with Crippen LogP contribution >= 0.6 is 11.6 Å². The van der Waals surface area contributed by atoms with Crippen molar-refractivity contribution in [3.05, 3.63) is 70.2 Å². The molecule has 5 heteroatoms. The molecule has 0 aliphatic carbocycles. The molecule has 124 valence electrons. The fourth-order valence-corrected chi connectivity index (χ4v) is 3.10. The molecule has 0 unspecified atom stereocenters. The minimum absolute atomic E-state index is 0.283.